The van der Waals surface area contributed by atoms with E-state index >= 15 is 0 Å². The third-order valence-corrected chi connectivity index (χ3v) is 2.66. The Morgan fingerprint density at radius 2 is 1.88 bits per heavy atom. The summed E-state index contributed by atoms with van der Waals surface area (Å²) in [5, 5.41) is 3.30. The molecule has 17 heavy (non-hydrogen) atoms. The first kappa shape index (κ1) is 11.5. The van der Waals surface area contributed by atoms with Crippen LogP contribution in [0.5, 0.6) is 0 Å². The fourth-order valence-corrected chi connectivity index (χ4v) is 1.68. The van der Waals surface area contributed by atoms with Crippen molar-refractivity contribution in [2.75, 3.05) is 5.32 Å². The van der Waals surface area contributed by atoms with Crippen LogP contribution in [0.2, 0.25) is 0 Å². The standard InChI is InChI=1S/C14H16N2O/c1-2-16-11-13(8-9-14(16)17)15-10-12-6-4-3-5-7-12/h3-9,11,15H,2,10H2,1H3. The number of rotatable bonds is 4. The van der Waals surface area contributed by atoms with Gasteiger partial charge in [-0.3, -0.25) is 4.79 Å². The van der Waals surface area contributed by atoms with Crippen molar-refractivity contribution >= 4 is 5.69 Å². The minimum atomic E-state index is 0.0396. The van der Waals surface area contributed by atoms with E-state index in [0.29, 0.717) is 6.54 Å². The predicted octanol–water partition coefficient (Wildman–Crippen LogP) is 2.48. The summed E-state index contributed by atoms with van der Waals surface area (Å²) < 4.78 is 1.69. The molecule has 0 aliphatic carbocycles. The quantitative estimate of drug-likeness (QED) is 0.872. The molecule has 0 fully saturated rings. The number of hydrogen-bond acceptors (Lipinski definition) is 2. The first-order chi connectivity index (χ1) is 8.29. The number of benzene rings is 1. The van der Waals surface area contributed by atoms with Crippen molar-refractivity contribution in [1.29, 1.82) is 0 Å². The first-order valence-electron chi connectivity index (χ1n) is 5.78. The normalized spacial score (nSPS) is 10.2. The summed E-state index contributed by atoms with van der Waals surface area (Å²) >= 11 is 0. The van der Waals surface area contributed by atoms with Crippen LogP contribution < -0.4 is 10.9 Å². The molecule has 1 N–H and O–H groups in total. The Bertz CT molecular complexity index is 531. The minimum absolute atomic E-state index is 0.0396. The van der Waals surface area contributed by atoms with Crippen LogP contribution in [0.25, 0.3) is 0 Å². The van der Waals surface area contributed by atoms with Gasteiger partial charge in [-0.05, 0) is 18.6 Å². The molecule has 2 rings (SSSR count). The van der Waals surface area contributed by atoms with Crippen LogP contribution in [0.15, 0.2) is 53.5 Å². The van der Waals surface area contributed by atoms with Crippen LogP contribution in [0.3, 0.4) is 0 Å². The summed E-state index contributed by atoms with van der Waals surface area (Å²) in [6, 6.07) is 13.6. The number of anilines is 1. The molecule has 0 spiro atoms. The van der Waals surface area contributed by atoms with Gasteiger partial charge in [0.1, 0.15) is 0 Å². The smallest absolute Gasteiger partial charge is 0.250 e. The molecule has 1 aromatic carbocycles. The van der Waals surface area contributed by atoms with Crippen molar-refractivity contribution in [1.82, 2.24) is 4.57 Å². The maximum absolute atomic E-state index is 11.4. The second-order valence-electron chi connectivity index (χ2n) is 3.88. The van der Waals surface area contributed by atoms with Crippen LogP contribution in [-0.4, -0.2) is 4.57 Å². The van der Waals surface area contributed by atoms with Crippen LogP contribution in [0.4, 0.5) is 5.69 Å². The van der Waals surface area contributed by atoms with Crippen molar-refractivity contribution in [2.45, 2.75) is 20.0 Å². The Labute approximate surface area is 101 Å². The molecule has 88 valence electrons. The number of aryl methyl sites for hydroxylation is 1. The highest BCUT2D eigenvalue weighted by Gasteiger charge is 1.97. The van der Waals surface area contributed by atoms with Crippen LogP contribution in [0.1, 0.15) is 12.5 Å². The second kappa shape index (κ2) is 5.34. The molecule has 0 atom stereocenters. The average molecular weight is 228 g/mol. The van der Waals surface area contributed by atoms with E-state index in [1.807, 2.05) is 37.4 Å². The van der Waals surface area contributed by atoms with Gasteiger partial charge in [-0.25, -0.2) is 0 Å². The lowest BCUT2D eigenvalue weighted by Gasteiger charge is -2.08. The highest BCUT2D eigenvalue weighted by atomic mass is 16.1. The maximum Gasteiger partial charge on any atom is 0.250 e. The zero-order valence-corrected chi connectivity index (χ0v) is 9.89. The first-order valence-corrected chi connectivity index (χ1v) is 5.78. The summed E-state index contributed by atoms with van der Waals surface area (Å²) in [5.74, 6) is 0. The molecule has 0 amide bonds. The van der Waals surface area contributed by atoms with Gasteiger partial charge in [0.25, 0.3) is 5.56 Å². The largest absolute Gasteiger partial charge is 0.380 e. The highest BCUT2D eigenvalue weighted by molar-refractivity contribution is 5.41. The van der Waals surface area contributed by atoms with Gasteiger partial charge in [0.15, 0.2) is 0 Å². The number of aromatic nitrogens is 1. The van der Waals surface area contributed by atoms with E-state index in [-0.39, 0.29) is 5.56 Å². The summed E-state index contributed by atoms with van der Waals surface area (Å²) in [6.07, 6.45) is 1.85. The van der Waals surface area contributed by atoms with E-state index in [0.717, 1.165) is 12.2 Å². The number of nitrogens with one attached hydrogen (secondary N) is 1. The van der Waals surface area contributed by atoms with Crippen LogP contribution in [0, 0.1) is 0 Å². The lowest BCUT2D eigenvalue weighted by atomic mass is 10.2. The van der Waals surface area contributed by atoms with Gasteiger partial charge < -0.3 is 9.88 Å². The van der Waals surface area contributed by atoms with E-state index in [1.165, 1.54) is 5.56 Å². The molecular formula is C14H16N2O. The van der Waals surface area contributed by atoms with Crippen molar-refractivity contribution in [3.63, 3.8) is 0 Å². The van der Waals surface area contributed by atoms with E-state index in [4.69, 9.17) is 0 Å². The van der Waals surface area contributed by atoms with Gasteiger partial charge in [-0.1, -0.05) is 30.3 Å². The molecule has 0 bridgehead atoms. The highest BCUT2D eigenvalue weighted by Crippen LogP contribution is 2.06. The molecule has 1 aromatic heterocycles. The van der Waals surface area contributed by atoms with Crippen molar-refractivity contribution in [2.24, 2.45) is 0 Å². The Kier molecular flexibility index (Phi) is 3.60. The molecule has 0 aliphatic heterocycles. The third kappa shape index (κ3) is 2.97. The molecular weight excluding hydrogens is 212 g/mol. The molecule has 0 aliphatic rings. The molecule has 0 unspecified atom stereocenters. The predicted molar refractivity (Wildman–Crippen MR) is 70.1 cm³/mol. The van der Waals surface area contributed by atoms with Crippen molar-refractivity contribution < 1.29 is 0 Å². The fraction of sp³-hybridized carbons (Fsp3) is 0.214. The zero-order valence-electron chi connectivity index (χ0n) is 9.89. The van der Waals surface area contributed by atoms with E-state index < -0.39 is 0 Å². The van der Waals surface area contributed by atoms with E-state index in [9.17, 15) is 4.79 Å². The lowest BCUT2D eigenvalue weighted by Crippen LogP contribution is -2.17. The summed E-state index contributed by atoms with van der Waals surface area (Å²) in [7, 11) is 0. The van der Waals surface area contributed by atoms with Crippen LogP contribution >= 0.6 is 0 Å². The third-order valence-electron chi connectivity index (χ3n) is 2.66. The second-order valence-corrected chi connectivity index (χ2v) is 3.88. The summed E-state index contributed by atoms with van der Waals surface area (Å²) in [5.41, 5.74) is 2.23. The van der Waals surface area contributed by atoms with Crippen molar-refractivity contribution in [3.8, 4) is 0 Å². The molecule has 1 heterocycles. The molecule has 0 radical (unpaired) electrons. The molecule has 3 heteroatoms. The molecule has 0 saturated heterocycles. The zero-order chi connectivity index (χ0) is 12.1. The minimum Gasteiger partial charge on any atom is -0.380 e. The summed E-state index contributed by atoms with van der Waals surface area (Å²) in [4.78, 5) is 11.4. The lowest BCUT2D eigenvalue weighted by molar-refractivity contribution is 0.727. The SMILES string of the molecule is CCn1cc(NCc2ccccc2)ccc1=O. The van der Waals surface area contributed by atoms with Gasteiger partial charge >= 0.3 is 0 Å². The molecule has 0 saturated carbocycles. The number of hydrogen-bond donors (Lipinski definition) is 1. The topological polar surface area (TPSA) is 34.0 Å². The Balaban J connectivity index is 2.07. The van der Waals surface area contributed by atoms with Gasteiger partial charge in [0.2, 0.25) is 0 Å². The van der Waals surface area contributed by atoms with Gasteiger partial charge in [0.05, 0.1) is 5.69 Å². The number of pyridine rings is 1. The fourth-order valence-electron chi connectivity index (χ4n) is 1.68. The Morgan fingerprint density at radius 3 is 2.59 bits per heavy atom. The van der Waals surface area contributed by atoms with Gasteiger partial charge in [-0.2, -0.15) is 0 Å². The van der Waals surface area contributed by atoms with Crippen molar-refractivity contribution in [3.05, 3.63) is 64.6 Å². The molecule has 2 aromatic rings. The Hall–Kier alpha value is -2.03. The van der Waals surface area contributed by atoms with Gasteiger partial charge in [-0.15, -0.1) is 0 Å². The Morgan fingerprint density at radius 1 is 1.12 bits per heavy atom. The average Bonchev–Trinajstić information content (AvgIpc) is 2.39. The summed E-state index contributed by atoms with van der Waals surface area (Å²) in [6.45, 7) is 3.42. The molecule has 3 nitrogen and oxygen atoms in total. The van der Waals surface area contributed by atoms with Gasteiger partial charge in [0, 0.05) is 25.4 Å². The monoisotopic (exact) mass is 228 g/mol. The van der Waals surface area contributed by atoms with E-state index in [2.05, 4.69) is 17.4 Å². The van der Waals surface area contributed by atoms with Crippen LogP contribution in [-0.2, 0) is 13.1 Å². The van der Waals surface area contributed by atoms with E-state index in [1.54, 1.807) is 10.6 Å². The maximum atomic E-state index is 11.4. The number of nitrogens with zero attached hydrogens (tertiary/aromatic N) is 1.